The number of aryl methyl sites for hydroxylation is 1. The molecule has 1 fully saturated rings. The molecule has 3 rings (SSSR count). The molecular formula is C19H22ClN3O2. The number of pyridine rings is 1. The second kappa shape index (κ2) is 7.85. The van der Waals surface area contributed by atoms with Crippen LogP contribution in [0.2, 0.25) is 5.02 Å². The summed E-state index contributed by atoms with van der Waals surface area (Å²) in [5.41, 5.74) is 7.74. The molecule has 1 saturated carbocycles. The molecular weight excluding hydrogens is 338 g/mol. The zero-order chi connectivity index (χ0) is 17.8. The molecule has 0 saturated heterocycles. The number of aromatic nitrogens is 1. The van der Waals surface area contributed by atoms with E-state index in [-0.39, 0.29) is 11.9 Å². The first-order valence-corrected chi connectivity index (χ1v) is 8.83. The molecule has 1 aliphatic rings. The number of hydrogen-bond acceptors (Lipinski definition) is 4. The Labute approximate surface area is 152 Å². The molecule has 0 radical (unpaired) electrons. The maximum Gasteiger partial charge on any atom is 0.255 e. The van der Waals surface area contributed by atoms with Crippen LogP contribution in [0.5, 0.6) is 5.75 Å². The minimum atomic E-state index is -0.213. The van der Waals surface area contributed by atoms with Crippen molar-refractivity contribution in [1.29, 1.82) is 0 Å². The van der Waals surface area contributed by atoms with Gasteiger partial charge in [0.1, 0.15) is 12.4 Å². The third-order valence-corrected chi connectivity index (χ3v) is 4.41. The van der Waals surface area contributed by atoms with Crippen LogP contribution >= 0.6 is 11.6 Å². The Balaban J connectivity index is 1.83. The SMILES string of the molecule is Cc1cccc(C(NC(=O)c2cc(Cl)ccc2OCCN)C2CC2)n1. The van der Waals surface area contributed by atoms with Gasteiger partial charge in [-0.15, -0.1) is 0 Å². The van der Waals surface area contributed by atoms with Gasteiger partial charge in [-0.2, -0.15) is 0 Å². The van der Waals surface area contributed by atoms with E-state index in [0.717, 1.165) is 24.2 Å². The van der Waals surface area contributed by atoms with Gasteiger partial charge in [-0.25, -0.2) is 0 Å². The van der Waals surface area contributed by atoms with Gasteiger partial charge in [-0.3, -0.25) is 9.78 Å². The summed E-state index contributed by atoms with van der Waals surface area (Å²) in [5, 5.41) is 3.60. The first-order valence-electron chi connectivity index (χ1n) is 8.45. The largest absolute Gasteiger partial charge is 0.491 e. The molecule has 132 valence electrons. The van der Waals surface area contributed by atoms with E-state index >= 15 is 0 Å². The summed E-state index contributed by atoms with van der Waals surface area (Å²) in [6.07, 6.45) is 2.18. The van der Waals surface area contributed by atoms with E-state index < -0.39 is 0 Å². The number of carbonyl (C=O) groups excluding carboxylic acids is 1. The van der Waals surface area contributed by atoms with Crippen molar-refractivity contribution in [3.8, 4) is 5.75 Å². The van der Waals surface area contributed by atoms with Crippen LogP contribution < -0.4 is 15.8 Å². The number of ether oxygens (including phenoxy) is 1. The summed E-state index contributed by atoms with van der Waals surface area (Å²) in [7, 11) is 0. The van der Waals surface area contributed by atoms with Gasteiger partial charge < -0.3 is 15.8 Å². The van der Waals surface area contributed by atoms with Gasteiger partial charge >= 0.3 is 0 Å². The van der Waals surface area contributed by atoms with Crippen molar-refractivity contribution in [2.45, 2.75) is 25.8 Å². The minimum Gasteiger partial charge on any atom is -0.491 e. The van der Waals surface area contributed by atoms with Crippen LogP contribution in [0.4, 0.5) is 0 Å². The Morgan fingerprint density at radius 2 is 2.20 bits per heavy atom. The summed E-state index contributed by atoms with van der Waals surface area (Å²) in [5.74, 6) is 0.694. The summed E-state index contributed by atoms with van der Waals surface area (Å²) < 4.78 is 5.58. The van der Waals surface area contributed by atoms with Crippen molar-refractivity contribution in [2.24, 2.45) is 11.7 Å². The zero-order valence-electron chi connectivity index (χ0n) is 14.2. The van der Waals surface area contributed by atoms with Crippen molar-refractivity contribution in [3.63, 3.8) is 0 Å². The molecule has 0 bridgehead atoms. The van der Waals surface area contributed by atoms with Crippen LogP contribution in [-0.2, 0) is 0 Å². The van der Waals surface area contributed by atoms with E-state index in [4.69, 9.17) is 22.1 Å². The van der Waals surface area contributed by atoms with Gasteiger partial charge in [0, 0.05) is 17.3 Å². The average Bonchev–Trinajstić information content (AvgIpc) is 3.43. The fourth-order valence-electron chi connectivity index (χ4n) is 2.79. The molecule has 1 aromatic heterocycles. The predicted molar refractivity (Wildman–Crippen MR) is 97.9 cm³/mol. The molecule has 1 atom stereocenters. The maximum atomic E-state index is 12.9. The Kier molecular flexibility index (Phi) is 5.56. The Hall–Kier alpha value is -2.11. The molecule has 5 nitrogen and oxygen atoms in total. The predicted octanol–water partition coefficient (Wildman–Crippen LogP) is 3.26. The van der Waals surface area contributed by atoms with E-state index in [1.165, 1.54) is 0 Å². The molecule has 1 aromatic carbocycles. The van der Waals surface area contributed by atoms with Crippen LogP contribution in [0, 0.1) is 12.8 Å². The van der Waals surface area contributed by atoms with Gasteiger partial charge in [0.15, 0.2) is 0 Å². The fraction of sp³-hybridized carbons (Fsp3) is 0.368. The number of nitrogens with one attached hydrogen (secondary N) is 1. The van der Waals surface area contributed by atoms with E-state index in [9.17, 15) is 4.79 Å². The topological polar surface area (TPSA) is 77.2 Å². The molecule has 6 heteroatoms. The van der Waals surface area contributed by atoms with Crippen LogP contribution in [-0.4, -0.2) is 24.0 Å². The van der Waals surface area contributed by atoms with Crippen molar-refractivity contribution >= 4 is 17.5 Å². The highest BCUT2D eigenvalue weighted by Gasteiger charge is 2.35. The third kappa shape index (κ3) is 4.50. The number of amides is 1. The lowest BCUT2D eigenvalue weighted by Gasteiger charge is -2.19. The summed E-state index contributed by atoms with van der Waals surface area (Å²) in [4.78, 5) is 17.5. The summed E-state index contributed by atoms with van der Waals surface area (Å²) in [6, 6.07) is 10.8. The van der Waals surface area contributed by atoms with Crippen LogP contribution in [0.25, 0.3) is 0 Å². The van der Waals surface area contributed by atoms with Gasteiger partial charge in [0.05, 0.1) is 17.3 Å². The van der Waals surface area contributed by atoms with Crippen LogP contribution in [0.3, 0.4) is 0 Å². The molecule has 25 heavy (non-hydrogen) atoms. The average molecular weight is 360 g/mol. The normalized spacial score (nSPS) is 14.8. The fourth-order valence-corrected chi connectivity index (χ4v) is 2.97. The second-order valence-corrected chi connectivity index (χ2v) is 6.71. The van der Waals surface area contributed by atoms with Crippen molar-refractivity contribution in [3.05, 3.63) is 58.4 Å². The van der Waals surface area contributed by atoms with E-state index in [2.05, 4.69) is 10.3 Å². The van der Waals surface area contributed by atoms with Gasteiger partial charge in [0.2, 0.25) is 0 Å². The number of carbonyl (C=O) groups is 1. The Bertz CT molecular complexity index is 762. The lowest BCUT2D eigenvalue weighted by atomic mass is 10.1. The quantitative estimate of drug-likeness (QED) is 0.795. The summed E-state index contributed by atoms with van der Waals surface area (Å²) >= 11 is 6.07. The molecule has 1 unspecified atom stereocenters. The highest BCUT2D eigenvalue weighted by Crippen LogP contribution is 2.40. The van der Waals surface area contributed by atoms with Gasteiger partial charge in [-0.05, 0) is 56.0 Å². The Morgan fingerprint density at radius 3 is 2.88 bits per heavy atom. The highest BCUT2D eigenvalue weighted by atomic mass is 35.5. The first-order chi connectivity index (χ1) is 12.1. The summed E-state index contributed by atoms with van der Waals surface area (Å²) in [6.45, 7) is 2.67. The molecule has 0 spiro atoms. The zero-order valence-corrected chi connectivity index (χ0v) is 14.9. The molecule has 0 aliphatic heterocycles. The standard InChI is InChI=1S/C19H22ClN3O2/c1-12-3-2-4-16(22-12)18(13-5-6-13)23-19(24)15-11-14(20)7-8-17(15)25-10-9-21/h2-4,7-8,11,13,18H,5-6,9-10,21H2,1H3,(H,23,24). The highest BCUT2D eigenvalue weighted by molar-refractivity contribution is 6.31. The number of rotatable bonds is 7. The van der Waals surface area contributed by atoms with E-state index in [1.54, 1.807) is 18.2 Å². The smallest absolute Gasteiger partial charge is 0.255 e. The van der Waals surface area contributed by atoms with Crippen LogP contribution in [0.1, 0.15) is 40.6 Å². The van der Waals surface area contributed by atoms with Crippen molar-refractivity contribution < 1.29 is 9.53 Å². The number of benzene rings is 1. The third-order valence-electron chi connectivity index (χ3n) is 4.17. The number of hydrogen-bond donors (Lipinski definition) is 2. The maximum absolute atomic E-state index is 12.9. The second-order valence-electron chi connectivity index (χ2n) is 6.27. The molecule has 1 heterocycles. The molecule has 3 N–H and O–H groups in total. The first kappa shape index (κ1) is 17.7. The van der Waals surface area contributed by atoms with Crippen LogP contribution in [0.15, 0.2) is 36.4 Å². The molecule has 2 aromatic rings. The lowest BCUT2D eigenvalue weighted by molar-refractivity contribution is 0.0926. The number of nitrogens with two attached hydrogens (primary N) is 1. The lowest BCUT2D eigenvalue weighted by Crippen LogP contribution is -2.31. The Morgan fingerprint density at radius 1 is 1.40 bits per heavy atom. The minimum absolute atomic E-state index is 0.103. The molecule has 1 amide bonds. The number of nitrogens with zero attached hydrogens (tertiary/aromatic N) is 1. The van der Waals surface area contributed by atoms with Gasteiger partial charge in [0.25, 0.3) is 5.91 Å². The van der Waals surface area contributed by atoms with Crippen molar-refractivity contribution in [1.82, 2.24) is 10.3 Å². The monoisotopic (exact) mass is 359 g/mol. The van der Waals surface area contributed by atoms with E-state index in [1.807, 2.05) is 25.1 Å². The molecule has 1 aliphatic carbocycles. The number of halogens is 1. The van der Waals surface area contributed by atoms with Gasteiger partial charge in [-0.1, -0.05) is 17.7 Å². The van der Waals surface area contributed by atoms with Crippen molar-refractivity contribution in [2.75, 3.05) is 13.2 Å². The van der Waals surface area contributed by atoms with E-state index in [0.29, 0.717) is 35.4 Å².